The molecular weight excluding hydrogens is 418 g/mol. The van der Waals surface area contributed by atoms with Gasteiger partial charge in [-0.1, -0.05) is 17.7 Å². The molecule has 1 fully saturated rings. The number of anilines is 2. The number of nitrogens with one attached hydrogen (secondary N) is 1. The van der Waals surface area contributed by atoms with Crippen LogP contribution >= 0.6 is 0 Å². The van der Waals surface area contributed by atoms with Crippen molar-refractivity contribution in [1.29, 1.82) is 0 Å². The third kappa shape index (κ3) is 6.27. The summed E-state index contributed by atoms with van der Waals surface area (Å²) in [5.74, 6) is -0.210. The van der Waals surface area contributed by atoms with E-state index in [0.717, 1.165) is 5.56 Å². The van der Waals surface area contributed by atoms with Gasteiger partial charge in [0.2, 0.25) is 5.91 Å². The second-order valence-corrected chi connectivity index (χ2v) is 9.51. The predicted molar refractivity (Wildman–Crippen MR) is 120 cm³/mol. The molecule has 2 aromatic carbocycles. The highest BCUT2D eigenvalue weighted by Crippen LogP contribution is 2.26. The number of ether oxygens (including phenoxy) is 1. The third-order valence-corrected chi connectivity index (χ3v) is 6.84. The maximum Gasteiger partial charge on any atom is 0.264 e. The quantitative estimate of drug-likeness (QED) is 0.641. The van der Waals surface area contributed by atoms with E-state index in [1.807, 2.05) is 6.92 Å². The molecule has 3 rings (SSSR count). The summed E-state index contributed by atoms with van der Waals surface area (Å²) in [6, 6.07) is 13.2. The smallest absolute Gasteiger partial charge is 0.264 e. The lowest BCUT2D eigenvalue weighted by Crippen LogP contribution is -2.46. The number of nitrogens with zero attached hydrogens (tertiary/aromatic N) is 2. The molecule has 2 N–H and O–H groups in total. The molecule has 1 atom stereocenters. The second kappa shape index (κ2) is 10.2. The summed E-state index contributed by atoms with van der Waals surface area (Å²) in [5.41, 5.74) is 1.94. The van der Waals surface area contributed by atoms with Gasteiger partial charge in [0, 0.05) is 32.2 Å². The van der Waals surface area contributed by atoms with Crippen LogP contribution in [0.25, 0.3) is 0 Å². The average molecular weight is 448 g/mol. The minimum absolute atomic E-state index is 0.0902. The van der Waals surface area contributed by atoms with Crippen LogP contribution in [0, 0.1) is 6.92 Å². The van der Waals surface area contributed by atoms with Crippen molar-refractivity contribution in [3.05, 3.63) is 54.1 Å². The van der Waals surface area contributed by atoms with Gasteiger partial charge in [0.1, 0.15) is 0 Å². The highest BCUT2D eigenvalue weighted by atomic mass is 32.2. The van der Waals surface area contributed by atoms with Crippen LogP contribution in [-0.2, 0) is 19.6 Å². The molecular formula is C22H29N3O5S. The SMILES string of the molecule is CC(=O)Nc1ccc(N(CC(O)CN2CCOCC2)S(=O)(=O)c2ccc(C)cc2)cc1. The molecule has 1 saturated heterocycles. The van der Waals surface area contributed by atoms with Crippen LogP contribution in [0.1, 0.15) is 12.5 Å². The van der Waals surface area contributed by atoms with E-state index in [1.54, 1.807) is 48.5 Å². The number of benzene rings is 2. The predicted octanol–water partition coefficient (Wildman–Crippen LogP) is 1.84. The Balaban J connectivity index is 1.87. The summed E-state index contributed by atoms with van der Waals surface area (Å²) in [6.07, 6.45) is -0.881. The van der Waals surface area contributed by atoms with Gasteiger partial charge in [0.15, 0.2) is 0 Å². The first-order valence-corrected chi connectivity index (χ1v) is 11.6. The van der Waals surface area contributed by atoms with Crippen molar-refractivity contribution in [2.75, 3.05) is 49.0 Å². The van der Waals surface area contributed by atoms with Crippen LogP contribution in [0.3, 0.4) is 0 Å². The molecule has 168 valence electrons. The first-order valence-electron chi connectivity index (χ1n) is 10.2. The number of aryl methyl sites for hydroxylation is 1. The molecule has 31 heavy (non-hydrogen) atoms. The largest absolute Gasteiger partial charge is 0.390 e. The lowest BCUT2D eigenvalue weighted by Gasteiger charge is -2.31. The number of carbonyl (C=O) groups excluding carboxylic acids is 1. The molecule has 1 aliphatic heterocycles. The van der Waals surface area contributed by atoms with Crippen molar-refractivity contribution in [2.45, 2.75) is 24.8 Å². The average Bonchev–Trinajstić information content (AvgIpc) is 2.73. The molecule has 0 bridgehead atoms. The number of hydrogen-bond donors (Lipinski definition) is 2. The number of β-amino-alcohol motifs (C(OH)–C–C–N with tert-alkyl or cyclic N) is 1. The number of sulfonamides is 1. The van der Waals surface area contributed by atoms with Gasteiger partial charge in [-0.25, -0.2) is 8.42 Å². The van der Waals surface area contributed by atoms with Crippen LogP contribution in [-0.4, -0.2) is 69.8 Å². The minimum atomic E-state index is -3.90. The van der Waals surface area contributed by atoms with Crippen molar-refractivity contribution in [3.63, 3.8) is 0 Å². The van der Waals surface area contributed by atoms with Crippen LogP contribution in [0.5, 0.6) is 0 Å². The van der Waals surface area contributed by atoms with Gasteiger partial charge < -0.3 is 15.2 Å². The van der Waals surface area contributed by atoms with Crippen molar-refractivity contribution < 1.29 is 23.1 Å². The molecule has 0 spiro atoms. The van der Waals surface area contributed by atoms with Gasteiger partial charge in [-0.2, -0.15) is 0 Å². The highest BCUT2D eigenvalue weighted by molar-refractivity contribution is 7.92. The monoisotopic (exact) mass is 447 g/mol. The zero-order valence-electron chi connectivity index (χ0n) is 17.8. The Labute approximate surface area is 183 Å². The summed E-state index contributed by atoms with van der Waals surface area (Å²) in [6.45, 7) is 6.16. The zero-order valence-corrected chi connectivity index (χ0v) is 18.6. The summed E-state index contributed by atoms with van der Waals surface area (Å²) in [5, 5.41) is 13.4. The van der Waals surface area contributed by atoms with Gasteiger partial charge in [0.25, 0.3) is 10.0 Å². The molecule has 2 aromatic rings. The van der Waals surface area contributed by atoms with Crippen molar-refractivity contribution in [1.82, 2.24) is 4.90 Å². The van der Waals surface area contributed by atoms with Gasteiger partial charge in [-0.15, -0.1) is 0 Å². The molecule has 1 aliphatic rings. The van der Waals surface area contributed by atoms with Gasteiger partial charge in [0.05, 0.1) is 36.4 Å². The number of morpholine rings is 1. The molecule has 0 saturated carbocycles. The first kappa shape index (κ1) is 23.2. The van der Waals surface area contributed by atoms with Gasteiger partial charge in [-0.3, -0.25) is 14.0 Å². The van der Waals surface area contributed by atoms with E-state index in [1.165, 1.54) is 11.2 Å². The maximum atomic E-state index is 13.4. The Morgan fingerprint density at radius 3 is 2.32 bits per heavy atom. The topological polar surface area (TPSA) is 99.2 Å². The molecule has 1 amide bonds. The highest BCUT2D eigenvalue weighted by Gasteiger charge is 2.28. The van der Waals surface area contributed by atoms with Crippen LogP contribution in [0.2, 0.25) is 0 Å². The maximum absolute atomic E-state index is 13.4. The van der Waals surface area contributed by atoms with E-state index >= 15 is 0 Å². The van der Waals surface area contributed by atoms with E-state index in [-0.39, 0.29) is 17.3 Å². The summed E-state index contributed by atoms with van der Waals surface area (Å²) >= 11 is 0. The van der Waals surface area contributed by atoms with Crippen LogP contribution in [0.4, 0.5) is 11.4 Å². The van der Waals surface area contributed by atoms with Crippen molar-refractivity contribution >= 4 is 27.3 Å². The Kier molecular flexibility index (Phi) is 7.66. The van der Waals surface area contributed by atoms with Crippen molar-refractivity contribution in [2.24, 2.45) is 0 Å². The number of carbonyl (C=O) groups is 1. The van der Waals surface area contributed by atoms with Gasteiger partial charge in [-0.05, 0) is 43.3 Å². The van der Waals surface area contributed by atoms with Crippen LogP contribution < -0.4 is 9.62 Å². The van der Waals surface area contributed by atoms with E-state index in [0.29, 0.717) is 44.2 Å². The molecule has 9 heteroatoms. The fourth-order valence-corrected chi connectivity index (χ4v) is 4.93. The molecule has 0 aliphatic carbocycles. The third-order valence-electron chi connectivity index (χ3n) is 5.03. The lowest BCUT2D eigenvalue weighted by atomic mass is 10.2. The van der Waals surface area contributed by atoms with E-state index < -0.39 is 16.1 Å². The number of rotatable bonds is 8. The fraction of sp³-hybridized carbons (Fsp3) is 0.409. The zero-order chi connectivity index (χ0) is 22.4. The Bertz CT molecular complexity index is 971. The standard InChI is InChI=1S/C22H29N3O5S/c1-17-3-9-22(10-4-17)31(28,29)25(16-21(27)15-24-11-13-30-14-12-24)20-7-5-19(6-8-20)23-18(2)26/h3-10,21,27H,11-16H2,1-2H3,(H,23,26). The molecule has 1 heterocycles. The van der Waals surface area contributed by atoms with Crippen molar-refractivity contribution in [3.8, 4) is 0 Å². The first-order chi connectivity index (χ1) is 14.8. The number of aliphatic hydroxyl groups is 1. The molecule has 0 aromatic heterocycles. The molecule has 1 unspecified atom stereocenters. The lowest BCUT2D eigenvalue weighted by molar-refractivity contribution is -0.114. The van der Waals surface area contributed by atoms with Gasteiger partial charge >= 0.3 is 0 Å². The molecule has 0 radical (unpaired) electrons. The number of amides is 1. The minimum Gasteiger partial charge on any atom is -0.390 e. The number of hydrogen-bond acceptors (Lipinski definition) is 6. The van der Waals surface area contributed by atoms with E-state index in [4.69, 9.17) is 4.74 Å². The normalized spacial score (nSPS) is 16.0. The summed E-state index contributed by atoms with van der Waals surface area (Å²) in [7, 11) is -3.90. The second-order valence-electron chi connectivity index (χ2n) is 7.64. The van der Waals surface area contributed by atoms with E-state index in [9.17, 15) is 18.3 Å². The van der Waals surface area contributed by atoms with E-state index in [2.05, 4.69) is 10.2 Å². The Hall–Kier alpha value is -2.46. The van der Waals surface area contributed by atoms with Crippen LogP contribution in [0.15, 0.2) is 53.4 Å². The fourth-order valence-electron chi connectivity index (χ4n) is 3.43. The Morgan fingerprint density at radius 1 is 1.13 bits per heavy atom. The Morgan fingerprint density at radius 2 is 1.74 bits per heavy atom. The summed E-state index contributed by atoms with van der Waals surface area (Å²) < 4.78 is 33.4. The molecule has 8 nitrogen and oxygen atoms in total. The summed E-state index contributed by atoms with van der Waals surface area (Å²) in [4.78, 5) is 13.5. The number of aliphatic hydroxyl groups excluding tert-OH is 1.